The van der Waals surface area contributed by atoms with Crippen LogP contribution in [0.5, 0.6) is 11.5 Å². The van der Waals surface area contributed by atoms with Gasteiger partial charge in [-0.05, 0) is 29.6 Å². The zero-order valence-electron chi connectivity index (χ0n) is 14.6. The normalized spacial score (nSPS) is 10.6. The Morgan fingerprint density at radius 1 is 1.12 bits per heavy atom. The standard InChI is InChI=1S/C18H18N2O5S/c1-23-11-4-5-12(15(8-11)24-2)19-17(21)10-20-13-6-7-26-16(13)9-14(20)18(22)25-3/h4-9H,10H2,1-3H3,(H,19,21). The van der Waals surface area contributed by atoms with Crippen molar-refractivity contribution in [3.05, 3.63) is 41.4 Å². The van der Waals surface area contributed by atoms with E-state index in [1.165, 1.54) is 25.6 Å². The topological polar surface area (TPSA) is 78.8 Å². The third-order valence-corrected chi connectivity index (χ3v) is 4.75. The minimum absolute atomic E-state index is 0.0279. The highest BCUT2D eigenvalue weighted by molar-refractivity contribution is 7.17. The van der Waals surface area contributed by atoms with Gasteiger partial charge in [0.25, 0.3) is 0 Å². The molecule has 0 spiro atoms. The SMILES string of the molecule is COC(=O)c1cc2sccc2n1CC(=O)Nc1ccc(OC)cc1OC. The average Bonchev–Trinajstić information content (AvgIpc) is 3.24. The zero-order valence-corrected chi connectivity index (χ0v) is 15.4. The van der Waals surface area contributed by atoms with Gasteiger partial charge in [-0.15, -0.1) is 11.3 Å². The maximum absolute atomic E-state index is 12.6. The number of rotatable bonds is 6. The van der Waals surface area contributed by atoms with Crippen LogP contribution in [0.15, 0.2) is 35.7 Å². The Labute approximate surface area is 154 Å². The smallest absolute Gasteiger partial charge is 0.354 e. The van der Waals surface area contributed by atoms with Gasteiger partial charge in [0.05, 0.1) is 37.2 Å². The Morgan fingerprint density at radius 3 is 2.62 bits per heavy atom. The Balaban J connectivity index is 1.86. The molecule has 0 aliphatic rings. The lowest BCUT2D eigenvalue weighted by atomic mass is 10.2. The lowest BCUT2D eigenvalue weighted by Gasteiger charge is -2.13. The van der Waals surface area contributed by atoms with Crippen LogP contribution in [0.25, 0.3) is 10.2 Å². The number of nitrogens with one attached hydrogen (secondary N) is 1. The molecular formula is C18H18N2O5S. The van der Waals surface area contributed by atoms with Crippen molar-refractivity contribution in [3.8, 4) is 11.5 Å². The van der Waals surface area contributed by atoms with Crippen molar-refractivity contribution in [2.75, 3.05) is 26.6 Å². The number of thiophene rings is 1. The number of ether oxygens (including phenoxy) is 3. The largest absolute Gasteiger partial charge is 0.497 e. The first-order valence-corrected chi connectivity index (χ1v) is 8.62. The van der Waals surface area contributed by atoms with Crippen molar-refractivity contribution < 1.29 is 23.8 Å². The van der Waals surface area contributed by atoms with Crippen molar-refractivity contribution in [3.63, 3.8) is 0 Å². The molecule has 3 rings (SSSR count). The number of nitrogens with zero attached hydrogens (tertiary/aromatic N) is 1. The molecule has 1 amide bonds. The van der Waals surface area contributed by atoms with Crippen LogP contribution in [-0.2, 0) is 16.1 Å². The summed E-state index contributed by atoms with van der Waals surface area (Å²) < 4.78 is 17.8. The first kappa shape index (κ1) is 17.8. The van der Waals surface area contributed by atoms with Gasteiger partial charge in [-0.1, -0.05) is 0 Å². The fourth-order valence-electron chi connectivity index (χ4n) is 2.66. The third kappa shape index (κ3) is 3.36. The van der Waals surface area contributed by atoms with Gasteiger partial charge in [0.15, 0.2) is 0 Å². The molecule has 0 unspecified atom stereocenters. The molecule has 0 fully saturated rings. The summed E-state index contributed by atoms with van der Waals surface area (Å²) in [4.78, 5) is 24.6. The number of benzene rings is 1. The van der Waals surface area contributed by atoms with Gasteiger partial charge in [-0.25, -0.2) is 4.79 Å². The summed E-state index contributed by atoms with van der Waals surface area (Å²) in [6, 6.07) is 8.71. The summed E-state index contributed by atoms with van der Waals surface area (Å²) in [7, 11) is 4.39. The Kier molecular flexibility index (Phi) is 5.13. The molecule has 136 valence electrons. The number of amides is 1. The second-order valence-electron chi connectivity index (χ2n) is 5.39. The molecule has 0 radical (unpaired) electrons. The molecule has 7 nitrogen and oxygen atoms in total. The van der Waals surface area contributed by atoms with Crippen molar-refractivity contribution in [2.45, 2.75) is 6.54 Å². The number of anilines is 1. The quantitative estimate of drug-likeness (QED) is 0.671. The predicted octanol–water partition coefficient (Wildman–Crippen LogP) is 3.15. The lowest BCUT2D eigenvalue weighted by molar-refractivity contribution is -0.116. The van der Waals surface area contributed by atoms with Gasteiger partial charge < -0.3 is 24.1 Å². The molecule has 0 aliphatic heterocycles. The van der Waals surface area contributed by atoms with E-state index in [1.54, 1.807) is 35.9 Å². The maximum atomic E-state index is 12.6. The second kappa shape index (κ2) is 7.49. The van der Waals surface area contributed by atoms with Crippen molar-refractivity contribution >= 4 is 39.1 Å². The molecule has 3 aromatic rings. The van der Waals surface area contributed by atoms with Gasteiger partial charge in [0, 0.05) is 6.07 Å². The molecule has 8 heteroatoms. The fraction of sp³-hybridized carbons (Fsp3) is 0.222. The van der Waals surface area contributed by atoms with E-state index in [1.807, 2.05) is 11.4 Å². The first-order valence-electron chi connectivity index (χ1n) is 7.74. The van der Waals surface area contributed by atoms with E-state index in [-0.39, 0.29) is 12.5 Å². The zero-order chi connectivity index (χ0) is 18.7. The highest BCUT2D eigenvalue weighted by atomic mass is 32.1. The van der Waals surface area contributed by atoms with E-state index in [4.69, 9.17) is 14.2 Å². The van der Waals surface area contributed by atoms with Gasteiger partial charge in [-0.3, -0.25) is 4.79 Å². The number of hydrogen-bond donors (Lipinski definition) is 1. The van der Waals surface area contributed by atoms with Gasteiger partial charge >= 0.3 is 5.97 Å². The molecule has 2 aromatic heterocycles. The molecule has 1 N–H and O–H groups in total. The molecule has 26 heavy (non-hydrogen) atoms. The molecule has 0 atom stereocenters. The van der Waals surface area contributed by atoms with Crippen LogP contribution in [0.1, 0.15) is 10.5 Å². The number of fused-ring (bicyclic) bond motifs is 1. The predicted molar refractivity (Wildman–Crippen MR) is 99.3 cm³/mol. The highest BCUT2D eigenvalue weighted by Gasteiger charge is 2.19. The van der Waals surface area contributed by atoms with Gasteiger partial charge in [0.2, 0.25) is 5.91 Å². The van der Waals surface area contributed by atoms with E-state index >= 15 is 0 Å². The Hall–Kier alpha value is -3.00. The van der Waals surface area contributed by atoms with E-state index in [0.29, 0.717) is 22.9 Å². The molecule has 0 bridgehead atoms. The highest BCUT2D eigenvalue weighted by Crippen LogP contribution is 2.30. The molecule has 0 saturated heterocycles. The Morgan fingerprint density at radius 2 is 1.92 bits per heavy atom. The minimum atomic E-state index is -0.483. The van der Waals surface area contributed by atoms with Gasteiger partial charge in [0.1, 0.15) is 23.7 Å². The molecule has 0 saturated carbocycles. The molecule has 2 heterocycles. The maximum Gasteiger partial charge on any atom is 0.354 e. The van der Waals surface area contributed by atoms with Crippen LogP contribution in [0.4, 0.5) is 5.69 Å². The van der Waals surface area contributed by atoms with E-state index in [0.717, 1.165) is 10.2 Å². The Bertz CT molecular complexity index is 960. The number of aromatic nitrogens is 1. The van der Waals surface area contributed by atoms with Crippen LogP contribution >= 0.6 is 11.3 Å². The van der Waals surface area contributed by atoms with Crippen LogP contribution in [-0.4, -0.2) is 37.8 Å². The number of esters is 1. The number of carbonyl (C=O) groups excluding carboxylic acids is 2. The fourth-order valence-corrected chi connectivity index (χ4v) is 3.48. The van der Waals surface area contributed by atoms with Crippen LogP contribution in [0.3, 0.4) is 0 Å². The molecule has 0 aliphatic carbocycles. The third-order valence-electron chi connectivity index (χ3n) is 3.90. The number of hydrogen-bond acceptors (Lipinski definition) is 6. The minimum Gasteiger partial charge on any atom is -0.497 e. The summed E-state index contributed by atoms with van der Waals surface area (Å²) in [5.74, 6) is 0.336. The van der Waals surface area contributed by atoms with Crippen LogP contribution in [0.2, 0.25) is 0 Å². The number of methoxy groups -OCH3 is 3. The summed E-state index contributed by atoms with van der Waals surface area (Å²) in [6.07, 6.45) is 0. The molecular weight excluding hydrogens is 356 g/mol. The van der Waals surface area contributed by atoms with Crippen molar-refractivity contribution in [1.82, 2.24) is 4.57 Å². The summed E-state index contributed by atoms with van der Waals surface area (Å²) in [5.41, 5.74) is 1.67. The van der Waals surface area contributed by atoms with Crippen LogP contribution < -0.4 is 14.8 Å². The van der Waals surface area contributed by atoms with Gasteiger partial charge in [-0.2, -0.15) is 0 Å². The van der Waals surface area contributed by atoms with Crippen molar-refractivity contribution in [1.29, 1.82) is 0 Å². The average molecular weight is 374 g/mol. The van der Waals surface area contributed by atoms with E-state index < -0.39 is 5.97 Å². The first-order chi connectivity index (χ1) is 12.6. The van der Waals surface area contributed by atoms with Crippen LogP contribution in [0, 0.1) is 0 Å². The summed E-state index contributed by atoms with van der Waals surface area (Å²) in [5, 5.41) is 4.71. The van der Waals surface area contributed by atoms with E-state index in [9.17, 15) is 9.59 Å². The summed E-state index contributed by atoms with van der Waals surface area (Å²) >= 11 is 1.50. The second-order valence-corrected chi connectivity index (χ2v) is 6.34. The summed E-state index contributed by atoms with van der Waals surface area (Å²) in [6.45, 7) is -0.0279. The number of carbonyl (C=O) groups is 2. The van der Waals surface area contributed by atoms with E-state index in [2.05, 4.69) is 5.32 Å². The van der Waals surface area contributed by atoms with Crippen molar-refractivity contribution in [2.24, 2.45) is 0 Å². The lowest BCUT2D eigenvalue weighted by Crippen LogP contribution is -2.22. The monoisotopic (exact) mass is 374 g/mol. The molecule has 1 aromatic carbocycles.